The quantitative estimate of drug-likeness (QED) is 0.371. The van der Waals surface area contributed by atoms with Crippen LogP contribution in [0.15, 0.2) is 48.5 Å². The number of aromatic nitrogens is 6. The first kappa shape index (κ1) is 22.0. The summed E-state index contributed by atoms with van der Waals surface area (Å²) in [6, 6.07) is 15.6. The first-order chi connectivity index (χ1) is 16.7. The number of aliphatic carboxylic acids is 1. The van der Waals surface area contributed by atoms with Crippen LogP contribution in [0.2, 0.25) is 0 Å². The maximum absolute atomic E-state index is 12.0. The van der Waals surface area contributed by atoms with E-state index in [2.05, 4.69) is 61.7 Å². The summed E-state index contributed by atoms with van der Waals surface area (Å²) in [6.45, 7) is 3.37. The van der Waals surface area contributed by atoms with Gasteiger partial charge in [-0.3, -0.25) is 10.1 Å². The monoisotopic (exact) mass is 457 g/mol. The molecule has 3 N–H and O–H groups in total. The van der Waals surface area contributed by atoms with E-state index in [9.17, 15) is 9.90 Å². The molecule has 1 aliphatic rings. The first-order valence-electron chi connectivity index (χ1n) is 11.6. The van der Waals surface area contributed by atoms with E-state index in [4.69, 9.17) is 4.98 Å². The van der Waals surface area contributed by atoms with E-state index in [1.54, 1.807) is 0 Å². The summed E-state index contributed by atoms with van der Waals surface area (Å²) in [5, 5.41) is 27.2. The topological polar surface area (TPSA) is 122 Å². The first-order valence-corrected chi connectivity index (χ1v) is 11.6. The molecule has 0 aliphatic carbocycles. The highest BCUT2D eigenvalue weighted by Gasteiger charge is 2.32. The minimum absolute atomic E-state index is 0.584. The van der Waals surface area contributed by atoms with Crippen molar-refractivity contribution in [3.05, 3.63) is 71.3 Å². The van der Waals surface area contributed by atoms with E-state index in [0.717, 1.165) is 65.1 Å². The minimum Gasteiger partial charge on any atom is -0.480 e. The second-order valence-electron chi connectivity index (χ2n) is 8.52. The molecule has 0 spiro atoms. The van der Waals surface area contributed by atoms with Crippen LogP contribution in [0, 0.1) is 0 Å². The van der Waals surface area contributed by atoms with Crippen LogP contribution in [0.1, 0.15) is 48.6 Å². The number of nitrogens with zero attached hydrogens (tertiary/aromatic N) is 5. The van der Waals surface area contributed by atoms with Crippen molar-refractivity contribution in [2.75, 3.05) is 6.54 Å². The number of hydrogen-bond acceptors (Lipinski definition) is 6. The minimum atomic E-state index is -0.863. The number of carboxylic acids is 1. The number of fused-ring (bicyclic) bond motifs is 1. The number of carboxylic acid groups (broad SMARTS) is 1. The molecule has 0 saturated carbocycles. The van der Waals surface area contributed by atoms with Crippen LogP contribution in [0.4, 0.5) is 0 Å². The van der Waals surface area contributed by atoms with Crippen LogP contribution >= 0.6 is 0 Å². The fourth-order valence-electron chi connectivity index (χ4n) is 4.60. The Kier molecular flexibility index (Phi) is 6.18. The molecule has 0 saturated heterocycles. The van der Waals surface area contributed by atoms with Gasteiger partial charge in [0.05, 0.1) is 11.4 Å². The standard InChI is InChI=1S/C25H27N7O2/c1-2-3-8-21-27-20-13-14-26-22(25(33)34)23(20)32(21)15-16-9-11-17(12-10-16)18-6-4-5-7-19(18)24-28-30-31-29-24/h4-7,9-12,22,26H,2-3,8,13-15H2,1H3,(H,33,34)(H,28,29,30,31). The van der Waals surface area contributed by atoms with E-state index in [1.165, 1.54) is 0 Å². The maximum atomic E-state index is 12.0. The molecule has 174 valence electrons. The molecular formula is C25H27N7O2. The number of tetrazole rings is 1. The summed E-state index contributed by atoms with van der Waals surface area (Å²) in [5.74, 6) is 0.726. The van der Waals surface area contributed by atoms with E-state index >= 15 is 0 Å². The summed E-state index contributed by atoms with van der Waals surface area (Å²) in [5.41, 5.74) is 5.81. The van der Waals surface area contributed by atoms with Crippen molar-refractivity contribution in [3.63, 3.8) is 0 Å². The molecule has 0 bridgehead atoms. The van der Waals surface area contributed by atoms with Crippen LogP contribution in [0.5, 0.6) is 0 Å². The summed E-state index contributed by atoms with van der Waals surface area (Å²) >= 11 is 0. The third-order valence-electron chi connectivity index (χ3n) is 6.28. The predicted molar refractivity (Wildman–Crippen MR) is 127 cm³/mol. The lowest BCUT2D eigenvalue weighted by molar-refractivity contribution is -0.140. The van der Waals surface area contributed by atoms with Gasteiger partial charge in [0.2, 0.25) is 0 Å². The number of hydrogen-bond donors (Lipinski definition) is 3. The highest BCUT2D eigenvalue weighted by molar-refractivity contribution is 5.80. The van der Waals surface area contributed by atoms with Crippen molar-refractivity contribution in [2.45, 2.75) is 45.2 Å². The third-order valence-corrected chi connectivity index (χ3v) is 6.28. The smallest absolute Gasteiger partial charge is 0.326 e. The van der Waals surface area contributed by atoms with E-state index in [-0.39, 0.29) is 0 Å². The molecule has 5 rings (SSSR count). The summed E-state index contributed by atoms with van der Waals surface area (Å²) in [7, 11) is 0. The van der Waals surface area contributed by atoms with Gasteiger partial charge in [-0.05, 0) is 33.5 Å². The maximum Gasteiger partial charge on any atom is 0.326 e. The molecule has 3 heterocycles. The molecule has 0 fully saturated rings. The van der Waals surface area contributed by atoms with Gasteiger partial charge in [0, 0.05) is 31.5 Å². The van der Waals surface area contributed by atoms with Crippen molar-refractivity contribution in [1.82, 2.24) is 35.5 Å². The van der Waals surface area contributed by atoms with Gasteiger partial charge in [0.25, 0.3) is 0 Å². The Hall–Kier alpha value is -3.85. The lowest BCUT2D eigenvalue weighted by Crippen LogP contribution is -2.36. The zero-order valence-electron chi connectivity index (χ0n) is 19.0. The van der Waals surface area contributed by atoms with Crippen LogP contribution < -0.4 is 5.32 Å². The molecule has 1 atom stereocenters. The van der Waals surface area contributed by atoms with Gasteiger partial charge in [0.1, 0.15) is 11.9 Å². The molecule has 1 unspecified atom stereocenters. The van der Waals surface area contributed by atoms with Crippen LogP contribution in [0.3, 0.4) is 0 Å². The average Bonchev–Trinajstić information content (AvgIpc) is 3.52. The zero-order chi connectivity index (χ0) is 23.5. The van der Waals surface area contributed by atoms with Gasteiger partial charge in [-0.2, -0.15) is 0 Å². The Balaban J connectivity index is 1.47. The van der Waals surface area contributed by atoms with Crippen LogP contribution in [-0.4, -0.2) is 47.8 Å². The molecule has 9 nitrogen and oxygen atoms in total. The number of nitrogens with one attached hydrogen (secondary N) is 2. The Morgan fingerprint density at radius 2 is 1.94 bits per heavy atom. The van der Waals surface area contributed by atoms with Gasteiger partial charge < -0.3 is 9.67 Å². The Morgan fingerprint density at radius 3 is 2.65 bits per heavy atom. The van der Waals surface area contributed by atoms with Gasteiger partial charge >= 0.3 is 5.97 Å². The lowest BCUT2D eigenvalue weighted by atomic mass is 9.98. The van der Waals surface area contributed by atoms with Crippen molar-refractivity contribution in [3.8, 4) is 22.5 Å². The molecule has 4 aromatic rings. The largest absolute Gasteiger partial charge is 0.480 e. The van der Waals surface area contributed by atoms with E-state index < -0.39 is 12.0 Å². The van der Waals surface area contributed by atoms with Crippen molar-refractivity contribution in [1.29, 1.82) is 0 Å². The van der Waals surface area contributed by atoms with Gasteiger partial charge in [-0.15, -0.1) is 5.10 Å². The number of carbonyl (C=O) groups is 1. The van der Waals surface area contributed by atoms with Crippen LogP contribution in [0.25, 0.3) is 22.5 Å². The van der Waals surface area contributed by atoms with E-state index in [1.807, 2.05) is 24.3 Å². The molecule has 0 radical (unpaired) electrons. The molecule has 34 heavy (non-hydrogen) atoms. The Labute approximate surface area is 197 Å². The molecule has 2 aromatic heterocycles. The Bertz CT molecular complexity index is 1280. The number of aryl methyl sites for hydroxylation is 1. The number of unbranched alkanes of at least 4 members (excludes halogenated alkanes) is 1. The molecule has 9 heteroatoms. The van der Waals surface area contributed by atoms with Crippen molar-refractivity contribution in [2.24, 2.45) is 0 Å². The lowest BCUT2D eigenvalue weighted by Gasteiger charge is -2.23. The van der Waals surface area contributed by atoms with Crippen molar-refractivity contribution >= 4 is 5.97 Å². The predicted octanol–water partition coefficient (Wildman–Crippen LogP) is 3.39. The van der Waals surface area contributed by atoms with Gasteiger partial charge in [-0.25, -0.2) is 10.1 Å². The summed E-state index contributed by atoms with van der Waals surface area (Å²) in [6.07, 6.45) is 3.67. The summed E-state index contributed by atoms with van der Waals surface area (Å²) < 4.78 is 2.11. The average molecular weight is 458 g/mol. The summed E-state index contributed by atoms with van der Waals surface area (Å²) in [4.78, 5) is 16.8. The normalized spacial score (nSPS) is 15.3. The van der Waals surface area contributed by atoms with E-state index in [0.29, 0.717) is 18.9 Å². The molecule has 0 amide bonds. The number of aromatic amines is 1. The van der Waals surface area contributed by atoms with Crippen LogP contribution in [-0.2, 0) is 24.2 Å². The van der Waals surface area contributed by atoms with Gasteiger partial charge in [-0.1, -0.05) is 61.9 Å². The highest BCUT2D eigenvalue weighted by Crippen LogP contribution is 2.31. The molecular weight excluding hydrogens is 430 g/mol. The fourth-order valence-corrected chi connectivity index (χ4v) is 4.60. The second-order valence-corrected chi connectivity index (χ2v) is 8.52. The number of imidazole rings is 1. The van der Waals surface area contributed by atoms with Crippen molar-refractivity contribution < 1.29 is 9.90 Å². The third kappa shape index (κ3) is 4.22. The second kappa shape index (κ2) is 9.56. The highest BCUT2D eigenvalue weighted by atomic mass is 16.4. The molecule has 2 aromatic carbocycles. The fraction of sp³-hybridized carbons (Fsp3) is 0.320. The SMILES string of the molecule is CCCCc1nc2c(n1Cc1ccc(-c3ccccc3-c3nnn[nH]3)cc1)C(C(=O)O)NCC2. The number of benzene rings is 2. The number of H-pyrrole nitrogens is 1. The van der Waals surface area contributed by atoms with Gasteiger partial charge in [0.15, 0.2) is 5.82 Å². The Morgan fingerprint density at radius 1 is 1.15 bits per heavy atom. The zero-order valence-corrected chi connectivity index (χ0v) is 19.0. The number of rotatable bonds is 8. The molecule has 1 aliphatic heterocycles.